The summed E-state index contributed by atoms with van der Waals surface area (Å²) in [6.07, 6.45) is 3.23. The van der Waals surface area contributed by atoms with Gasteiger partial charge in [0.25, 0.3) is 0 Å². The van der Waals surface area contributed by atoms with E-state index >= 15 is 0 Å². The number of amides is 1. The molecule has 0 aliphatic carbocycles. The standard InChI is InChI=1S/C26H33ClFN7O3Si/c1-33-12-18-20(32-33)6-5-16(23(18)27)17-13-35(15-38-9-10-39(2,3)4)25-24(17)29-11-22(31-25)34-8-7-21(19(28)14-34)30-26(36)37/h5-6,11-13,19,21,30H,7-10,14-15H2,1-4H3,(H,36,37)/t19-,21+/m1/s1. The first-order valence-corrected chi connectivity index (χ1v) is 17.0. The van der Waals surface area contributed by atoms with Gasteiger partial charge in [0, 0.05) is 57.2 Å². The predicted molar refractivity (Wildman–Crippen MR) is 153 cm³/mol. The van der Waals surface area contributed by atoms with Crippen molar-refractivity contribution in [2.75, 3.05) is 24.6 Å². The number of carbonyl (C=O) groups is 1. The van der Waals surface area contributed by atoms with E-state index in [2.05, 4.69) is 30.1 Å². The minimum Gasteiger partial charge on any atom is -0.465 e. The number of nitrogens with one attached hydrogen (secondary N) is 1. The number of hydrogen-bond donors (Lipinski definition) is 2. The van der Waals surface area contributed by atoms with Gasteiger partial charge in [0.05, 0.1) is 29.3 Å². The van der Waals surface area contributed by atoms with Crippen molar-refractivity contribution in [1.82, 2.24) is 29.6 Å². The first-order valence-electron chi connectivity index (χ1n) is 12.9. The molecule has 4 heterocycles. The summed E-state index contributed by atoms with van der Waals surface area (Å²) in [7, 11) is 0.602. The third-order valence-electron chi connectivity index (χ3n) is 6.98. The summed E-state index contributed by atoms with van der Waals surface area (Å²) in [5.41, 5.74) is 3.71. The van der Waals surface area contributed by atoms with Gasteiger partial charge in [-0.3, -0.25) is 4.68 Å². The molecule has 2 atom stereocenters. The van der Waals surface area contributed by atoms with Crippen LogP contribution in [0, 0.1) is 0 Å². The van der Waals surface area contributed by atoms with Crippen LogP contribution in [0.2, 0.25) is 30.7 Å². The number of ether oxygens (including phenoxy) is 1. The molecule has 0 radical (unpaired) electrons. The van der Waals surface area contributed by atoms with E-state index in [0.29, 0.717) is 48.3 Å². The fourth-order valence-corrected chi connectivity index (χ4v) is 5.92. The second-order valence-electron chi connectivity index (χ2n) is 11.2. The number of carboxylic acid groups (broad SMARTS) is 1. The van der Waals surface area contributed by atoms with Crippen LogP contribution >= 0.6 is 11.6 Å². The predicted octanol–water partition coefficient (Wildman–Crippen LogP) is 5.14. The van der Waals surface area contributed by atoms with E-state index in [1.54, 1.807) is 15.8 Å². The van der Waals surface area contributed by atoms with Crippen LogP contribution in [-0.2, 0) is 18.5 Å². The number of fused-ring (bicyclic) bond motifs is 2. The van der Waals surface area contributed by atoms with Gasteiger partial charge in [-0.2, -0.15) is 5.10 Å². The summed E-state index contributed by atoms with van der Waals surface area (Å²) in [5.74, 6) is 0.528. The highest BCUT2D eigenvalue weighted by Gasteiger charge is 2.31. The molecule has 1 aliphatic heterocycles. The van der Waals surface area contributed by atoms with E-state index in [1.807, 2.05) is 36.1 Å². The summed E-state index contributed by atoms with van der Waals surface area (Å²) in [6.45, 7) is 8.34. The maximum Gasteiger partial charge on any atom is 0.404 e. The second-order valence-corrected chi connectivity index (χ2v) is 17.2. The number of nitrogens with zero attached hydrogens (tertiary/aromatic N) is 6. The van der Waals surface area contributed by atoms with Crippen LogP contribution < -0.4 is 10.2 Å². The first kappa shape index (κ1) is 27.3. The molecule has 4 aromatic rings. The van der Waals surface area contributed by atoms with Crippen molar-refractivity contribution in [3.05, 3.63) is 35.7 Å². The Morgan fingerprint density at radius 1 is 1.28 bits per heavy atom. The Balaban J connectivity index is 1.50. The third kappa shape index (κ3) is 5.87. The second kappa shape index (κ2) is 10.7. The van der Waals surface area contributed by atoms with Crippen LogP contribution in [0.1, 0.15) is 6.42 Å². The lowest BCUT2D eigenvalue weighted by atomic mass is 10.0. The maximum atomic E-state index is 14.8. The van der Waals surface area contributed by atoms with Crippen molar-refractivity contribution in [2.45, 2.75) is 51.1 Å². The van der Waals surface area contributed by atoms with Gasteiger partial charge in [-0.05, 0) is 18.5 Å². The molecule has 0 unspecified atom stereocenters. The smallest absolute Gasteiger partial charge is 0.404 e. The Kier molecular flexibility index (Phi) is 7.53. The largest absolute Gasteiger partial charge is 0.465 e. The monoisotopic (exact) mass is 573 g/mol. The molecular weight excluding hydrogens is 541 g/mol. The minimum atomic E-state index is -1.36. The summed E-state index contributed by atoms with van der Waals surface area (Å²) < 4.78 is 24.5. The summed E-state index contributed by atoms with van der Waals surface area (Å²) in [6, 6.07) is 4.17. The lowest BCUT2D eigenvalue weighted by Gasteiger charge is -2.35. The number of anilines is 1. The lowest BCUT2D eigenvalue weighted by molar-refractivity contribution is 0.0899. The van der Waals surface area contributed by atoms with Crippen molar-refractivity contribution in [2.24, 2.45) is 7.05 Å². The van der Waals surface area contributed by atoms with Gasteiger partial charge in [-0.25, -0.2) is 19.2 Å². The Bertz CT molecular complexity index is 1520. The average molecular weight is 574 g/mol. The fraction of sp³-hybridized carbons (Fsp3) is 0.462. The molecule has 1 fully saturated rings. The Labute approximate surface area is 231 Å². The molecule has 1 amide bonds. The molecule has 1 saturated heterocycles. The number of hydrogen-bond acceptors (Lipinski definition) is 6. The van der Waals surface area contributed by atoms with E-state index in [4.69, 9.17) is 31.4 Å². The molecule has 3 aromatic heterocycles. The van der Waals surface area contributed by atoms with Gasteiger partial charge in [0.1, 0.15) is 24.2 Å². The molecule has 0 spiro atoms. The van der Waals surface area contributed by atoms with Crippen molar-refractivity contribution in [3.8, 4) is 11.1 Å². The number of benzene rings is 1. The molecule has 2 N–H and O–H groups in total. The molecule has 208 valence electrons. The molecular formula is C26H33ClFN7O3Si. The SMILES string of the molecule is Cn1cc2c(Cl)c(-c3cn(COCC[Si](C)(C)C)c4nc(N5CC[C@H](NC(=O)O)[C@H](F)C5)cnc34)ccc2n1. The average Bonchev–Trinajstić information content (AvgIpc) is 3.42. The fourth-order valence-electron chi connectivity index (χ4n) is 4.85. The molecule has 1 aliphatic rings. The van der Waals surface area contributed by atoms with Crippen molar-refractivity contribution < 1.29 is 19.0 Å². The normalized spacial score (nSPS) is 18.3. The number of aryl methyl sites for hydroxylation is 1. The zero-order valence-corrected chi connectivity index (χ0v) is 24.2. The van der Waals surface area contributed by atoms with Crippen molar-refractivity contribution in [1.29, 1.82) is 0 Å². The topological polar surface area (TPSA) is 110 Å². The van der Waals surface area contributed by atoms with Crippen LogP contribution in [-0.4, -0.2) is 75.5 Å². The van der Waals surface area contributed by atoms with Crippen LogP contribution in [0.15, 0.2) is 30.7 Å². The van der Waals surface area contributed by atoms with Gasteiger partial charge in [0.15, 0.2) is 5.65 Å². The Morgan fingerprint density at radius 2 is 2.08 bits per heavy atom. The van der Waals surface area contributed by atoms with Gasteiger partial charge < -0.3 is 24.6 Å². The van der Waals surface area contributed by atoms with Crippen molar-refractivity contribution in [3.63, 3.8) is 0 Å². The van der Waals surface area contributed by atoms with E-state index in [1.165, 1.54) is 0 Å². The molecule has 0 saturated carbocycles. The first-order chi connectivity index (χ1) is 18.5. The zero-order valence-electron chi connectivity index (χ0n) is 22.5. The summed E-state index contributed by atoms with van der Waals surface area (Å²) >= 11 is 6.86. The van der Waals surface area contributed by atoms with Crippen LogP contribution in [0.3, 0.4) is 0 Å². The highest BCUT2D eigenvalue weighted by atomic mass is 35.5. The van der Waals surface area contributed by atoms with Crippen LogP contribution in [0.25, 0.3) is 33.2 Å². The number of rotatable bonds is 8. The Hall–Kier alpha value is -3.22. The molecule has 0 bridgehead atoms. The third-order valence-corrected chi connectivity index (χ3v) is 9.09. The maximum absolute atomic E-state index is 14.8. The van der Waals surface area contributed by atoms with Crippen LogP contribution in [0.5, 0.6) is 0 Å². The minimum absolute atomic E-state index is 0.0227. The molecule has 13 heteroatoms. The van der Waals surface area contributed by atoms with E-state index in [0.717, 1.165) is 28.1 Å². The zero-order chi connectivity index (χ0) is 27.9. The number of aromatic nitrogens is 5. The molecule has 5 rings (SSSR count). The molecule has 10 nitrogen and oxygen atoms in total. The van der Waals surface area contributed by atoms with Crippen molar-refractivity contribution >= 4 is 53.7 Å². The van der Waals surface area contributed by atoms with Gasteiger partial charge >= 0.3 is 6.09 Å². The number of halogens is 2. The number of piperidine rings is 1. The van der Waals surface area contributed by atoms with E-state index < -0.39 is 26.4 Å². The molecule has 39 heavy (non-hydrogen) atoms. The highest BCUT2D eigenvalue weighted by Crippen LogP contribution is 2.38. The lowest BCUT2D eigenvalue weighted by Crippen LogP contribution is -2.52. The van der Waals surface area contributed by atoms with E-state index in [-0.39, 0.29) is 6.54 Å². The quantitative estimate of drug-likeness (QED) is 0.222. The number of alkyl halides is 1. The summed E-state index contributed by atoms with van der Waals surface area (Å²) in [4.78, 5) is 22.4. The Morgan fingerprint density at radius 3 is 2.79 bits per heavy atom. The highest BCUT2D eigenvalue weighted by molar-refractivity contribution is 6.76. The van der Waals surface area contributed by atoms with E-state index in [9.17, 15) is 9.18 Å². The summed E-state index contributed by atoms with van der Waals surface area (Å²) in [5, 5.41) is 17.1. The van der Waals surface area contributed by atoms with Crippen LogP contribution in [0.4, 0.5) is 15.0 Å². The van der Waals surface area contributed by atoms with Gasteiger partial charge in [-0.15, -0.1) is 0 Å². The molecule has 1 aromatic carbocycles. The van der Waals surface area contributed by atoms with Gasteiger partial charge in [0.2, 0.25) is 0 Å². The van der Waals surface area contributed by atoms with Gasteiger partial charge in [-0.1, -0.05) is 37.3 Å².